The number of aliphatic hydroxyl groups excluding tert-OH is 1. The van der Waals surface area contributed by atoms with Crippen molar-refractivity contribution in [2.24, 2.45) is 0 Å². The van der Waals surface area contributed by atoms with Crippen LogP contribution in [0.3, 0.4) is 0 Å². The highest BCUT2D eigenvalue weighted by Gasteiger charge is 2.23. The quantitative estimate of drug-likeness (QED) is 0.537. The molecule has 0 amide bonds. The van der Waals surface area contributed by atoms with Gasteiger partial charge in [-0.05, 0) is 48.4 Å². The van der Waals surface area contributed by atoms with E-state index in [1.54, 1.807) is 13.4 Å². The number of benzene rings is 2. The van der Waals surface area contributed by atoms with Crippen LogP contribution in [0.2, 0.25) is 0 Å². The van der Waals surface area contributed by atoms with Crippen molar-refractivity contribution in [1.29, 1.82) is 0 Å². The zero-order valence-corrected chi connectivity index (χ0v) is 16.2. The third-order valence-corrected chi connectivity index (χ3v) is 4.65. The summed E-state index contributed by atoms with van der Waals surface area (Å²) in [6.45, 7) is 2.05. The largest absolute Gasteiger partial charge is 0.497 e. The molecule has 0 saturated heterocycles. The van der Waals surface area contributed by atoms with E-state index in [-0.39, 0.29) is 12.6 Å². The summed E-state index contributed by atoms with van der Waals surface area (Å²) in [6.07, 6.45) is 2.26. The first kappa shape index (κ1) is 20.0. The third kappa shape index (κ3) is 5.62. The van der Waals surface area contributed by atoms with Crippen LogP contribution in [-0.4, -0.2) is 36.9 Å². The van der Waals surface area contributed by atoms with Crippen molar-refractivity contribution in [1.82, 2.24) is 4.90 Å². The summed E-state index contributed by atoms with van der Waals surface area (Å²) < 4.78 is 16.8. The second kappa shape index (κ2) is 10.5. The first-order valence-corrected chi connectivity index (χ1v) is 9.49. The van der Waals surface area contributed by atoms with Crippen LogP contribution in [0.1, 0.15) is 23.8 Å². The minimum absolute atomic E-state index is 0.0264. The average molecular weight is 381 g/mol. The van der Waals surface area contributed by atoms with E-state index < -0.39 is 0 Å². The van der Waals surface area contributed by atoms with E-state index >= 15 is 0 Å². The zero-order chi connectivity index (χ0) is 19.6. The van der Waals surface area contributed by atoms with E-state index in [2.05, 4.69) is 17.0 Å². The van der Waals surface area contributed by atoms with Crippen LogP contribution in [-0.2, 0) is 6.54 Å². The minimum atomic E-state index is -0.0264. The van der Waals surface area contributed by atoms with Crippen LogP contribution >= 0.6 is 0 Å². The maximum absolute atomic E-state index is 9.61. The molecule has 0 spiro atoms. The van der Waals surface area contributed by atoms with Crippen molar-refractivity contribution >= 4 is 0 Å². The predicted molar refractivity (Wildman–Crippen MR) is 108 cm³/mol. The molecule has 3 rings (SSSR count). The Bertz CT molecular complexity index is 787. The Labute approximate surface area is 166 Å². The molecule has 5 nitrogen and oxygen atoms in total. The lowest BCUT2D eigenvalue weighted by Crippen LogP contribution is -2.32. The van der Waals surface area contributed by atoms with Crippen LogP contribution in [0.4, 0.5) is 0 Å². The molecule has 28 heavy (non-hydrogen) atoms. The average Bonchev–Trinajstić information content (AvgIpc) is 3.27. The molecule has 0 unspecified atom stereocenters. The fourth-order valence-electron chi connectivity index (χ4n) is 3.22. The molecule has 1 aromatic heterocycles. The Kier molecular flexibility index (Phi) is 7.53. The Balaban J connectivity index is 1.73. The molecule has 5 heteroatoms. The maximum Gasteiger partial charge on any atom is 0.120 e. The molecule has 1 atom stereocenters. The number of furan rings is 1. The summed E-state index contributed by atoms with van der Waals surface area (Å²) in [5, 5.41) is 9.61. The van der Waals surface area contributed by atoms with Gasteiger partial charge in [0.1, 0.15) is 23.9 Å². The first-order valence-electron chi connectivity index (χ1n) is 9.49. The van der Waals surface area contributed by atoms with E-state index in [9.17, 15) is 5.11 Å². The summed E-state index contributed by atoms with van der Waals surface area (Å²) in [7, 11) is 1.66. The van der Waals surface area contributed by atoms with Crippen molar-refractivity contribution in [3.63, 3.8) is 0 Å². The molecule has 0 bridgehead atoms. The first-order chi connectivity index (χ1) is 13.8. The smallest absolute Gasteiger partial charge is 0.120 e. The fraction of sp³-hybridized carbons (Fsp3) is 0.304. The van der Waals surface area contributed by atoms with Crippen LogP contribution in [0, 0.1) is 0 Å². The molecule has 1 heterocycles. The highest BCUT2D eigenvalue weighted by atomic mass is 16.5. The molecular weight excluding hydrogens is 354 g/mol. The standard InChI is InChI=1S/C23H27NO4/c1-26-20-11-9-19(10-12-20)18-24(14-17-27-21-6-3-2-4-7-21)22(13-15-25)23-8-5-16-28-23/h2-12,16,22,25H,13-15,17-18H2,1H3/t22-/m1/s1. The Morgan fingerprint density at radius 3 is 2.39 bits per heavy atom. The van der Waals surface area contributed by atoms with Gasteiger partial charge >= 0.3 is 0 Å². The van der Waals surface area contributed by atoms with Gasteiger partial charge in [0.05, 0.1) is 19.4 Å². The Morgan fingerprint density at radius 1 is 0.964 bits per heavy atom. The highest BCUT2D eigenvalue weighted by molar-refractivity contribution is 5.27. The summed E-state index contributed by atoms with van der Waals surface area (Å²) in [5.41, 5.74) is 1.16. The Morgan fingerprint density at radius 2 is 1.75 bits per heavy atom. The Hall–Kier alpha value is -2.76. The monoisotopic (exact) mass is 381 g/mol. The van der Waals surface area contributed by atoms with E-state index in [0.717, 1.165) is 22.8 Å². The van der Waals surface area contributed by atoms with Gasteiger partial charge in [0.25, 0.3) is 0 Å². The second-order valence-corrected chi connectivity index (χ2v) is 6.52. The van der Waals surface area contributed by atoms with Crippen molar-refractivity contribution in [2.45, 2.75) is 19.0 Å². The molecule has 148 valence electrons. The number of para-hydroxylation sites is 1. The lowest BCUT2D eigenvalue weighted by atomic mass is 10.1. The van der Waals surface area contributed by atoms with Gasteiger partial charge in [0, 0.05) is 19.7 Å². The number of ether oxygens (including phenoxy) is 2. The van der Waals surface area contributed by atoms with Gasteiger partial charge in [-0.1, -0.05) is 30.3 Å². The van der Waals surface area contributed by atoms with Gasteiger partial charge in [0.15, 0.2) is 0 Å². The summed E-state index contributed by atoms with van der Waals surface area (Å²) in [4.78, 5) is 2.28. The van der Waals surface area contributed by atoms with Gasteiger partial charge in [-0.25, -0.2) is 0 Å². The molecule has 0 aliphatic heterocycles. The number of aliphatic hydroxyl groups is 1. The molecule has 0 saturated carbocycles. The summed E-state index contributed by atoms with van der Waals surface area (Å²) in [6, 6.07) is 21.6. The fourth-order valence-corrected chi connectivity index (χ4v) is 3.22. The van der Waals surface area contributed by atoms with Gasteiger partial charge in [0.2, 0.25) is 0 Å². The van der Waals surface area contributed by atoms with Crippen molar-refractivity contribution in [2.75, 3.05) is 26.9 Å². The minimum Gasteiger partial charge on any atom is -0.497 e. The van der Waals surface area contributed by atoms with Crippen LogP contribution in [0.25, 0.3) is 0 Å². The highest BCUT2D eigenvalue weighted by Crippen LogP contribution is 2.27. The summed E-state index contributed by atoms with van der Waals surface area (Å²) in [5.74, 6) is 2.53. The van der Waals surface area contributed by atoms with Crippen molar-refractivity contribution < 1.29 is 19.0 Å². The van der Waals surface area contributed by atoms with Gasteiger partial charge in [-0.15, -0.1) is 0 Å². The molecule has 1 N–H and O–H groups in total. The van der Waals surface area contributed by atoms with Gasteiger partial charge < -0.3 is 19.0 Å². The van der Waals surface area contributed by atoms with Crippen LogP contribution in [0.15, 0.2) is 77.4 Å². The number of rotatable bonds is 11. The lowest BCUT2D eigenvalue weighted by Gasteiger charge is -2.30. The second-order valence-electron chi connectivity index (χ2n) is 6.52. The van der Waals surface area contributed by atoms with Crippen molar-refractivity contribution in [3.05, 3.63) is 84.3 Å². The molecule has 2 aromatic carbocycles. The zero-order valence-electron chi connectivity index (χ0n) is 16.2. The van der Waals surface area contributed by atoms with Crippen LogP contribution in [0.5, 0.6) is 11.5 Å². The molecular formula is C23H27NO4. The molecule has 0 fully saturated rings. The van der Waals surface area contributed by atoms with Gasteiger partial charge in [-0.2, -0.15) is 0 Å². The summed E-state index contributed by atoms with van der Waals surface area (Å²) >= 11 is 0. The number of hydrogen-bond donors (Lipinski definition) is 1. The van der Waals surface area contributed by atoms with Gasteiger partial charge in [-0.3, -0.25) is 4.90 Å². The van der Waals surface area contributed by atoms with E-state index in [1.807, 2.05) is 54.6 Å². The maximum atomic E-state index is 9.61. The molecule has 0 radical (unpaired) electrons. The topological polar surface area (TPSA) is 55.1 Å². The van der Waals surface area contributed by atoms with Crippen LogP contribution < -0.4 is 9.47 Å². The SMILES string of the molecule is COc1ccc(CN(CCOc2ccccc2)[C@H](CCO)c2ccco2)cc1. The normalized spacial score (nSPS) is 12.1. The third-order valence-electron chi connectivity index (χ3n) is 4.65. The van der Waals surface area contributed by atoms with E-state index in [4.69, 9.17) is 13.9 Å². The number of nitrogens with zero attached hydrogens (tertiary/aromatic N) is 1. The lowest BCUT2D eigenvalue weighted by molar-refractivity contribution is 0.112. The number of methoxy groups -OCH3 is 1. The molecule has 0 aliphatic carbocycles. The molecule has 0 aliphatic rings. The number of hydrogen-bond acceptors (Lipinski definition) is 5. The van der Waals surface area contributed by atoms with E-state index in [1.165, 1.54) is 0 Å². The molecule has 3 aromatic rings. The van der Waals surface area contributed by atoms with E-state index in [0.29, 0.717) is 26.1 Å². The predicted octanol–water partition coefficient (Wildman–Crippen LogP) is 4.29. The van der Waals surface area contributed by atoms with Crippen molar-refractivity contribution in [3.8, 4) is 11.5 Å².